The fourth-order valence-electron chi connectivity index (χ4n) is 4.23. The zero-order chi connectivity index (χ0) is 26.5. The monoisotopic (exact) mass is 557 g/mol. The second-order valence-corrected chi connectivity index (χ2v) is 11.7. The van der Waals surface area contributed by atoms with E-state index in [0.717, 1.165) is 54.8 Å². The lowest BCUT2D eigenvalue weighted by atomic mass is 9.95. The first kappa shape index (κ1) is 28.2. The molecule has 1 N–H and O–H groups in total. The molecule has 0 heterocycles. The van der Waals surface area contributed by atoms with Gasteiger partial charge in [-0.05, 0) is 56.2 Å². The number of nitrogens with one attached hydrogen (secondary N) is 1. The van der Waals surface area contributed by atoms with Gasteiger partial charge in [0.05, 0.1) is 11.9 Å². The molecule has 2 aromatic rings. The largest absolute Gasteiger partial charge is 0.352 e. The average molecular weight is 559 g/mol. The van der Waals surface area contributed by atoms with Gasteiger partial charge in [0.1, 0.15) is 18.4 Å². The maximum absolute atomic E-state index is 13.6. The van der Waals surface area contributed by atoms with Crippen molar-refractivity contribution in [1.82, 2.24) is 10.2 Å². The second-order valence-electron chi connectivity index (χ2n) is 8.99. The van der Waals surface area contributed by atoms with E-state index in [1.165, 1.54) is 17.0 Å². The molecule has 2 amide bonds. The van der Waals surface area contributed by atoms with E-state index in [0.29, 0.717) is 15.6 Å². The topological polar surface area (TPSA) is 86.8 Å². The first-order valence-corrected chi connectivity index (χ1v) is 14.3. The number of hydrogen-bond donors (Lipinski definition) is 1. The molecule has 7 nitrogen and oxygen atoms in total. The molecule has 0 saturated heterocycles. The number of rotatable bonds is 9. The zero-order valence-corrected chi connectivity index (χ0v) is 22.5. The van der Waals surface area contributed by atoms with Crippen LogP contribution in [0.25, 0.3) is 0 Å². The number of sulfonamides is 1. The van der Waals surface area contributed by atoms with Crippen LogP contribution < -0.4 is 9.62 Å². The van der Waals surface area contributed by atoms with Gasteiger partial charge in [0.2, 0.25) is 21.8 Å². The molecule has 36 heavy (non-hydrogen) atoms. The van der Waals surface area contributed by atoms with Crippen molar-refractivity contribution < 1.29 is 22.4 Å². The third-order valence-electron chi connectivity index (χ3n) is 6.30. The molecule has 2 aromatic carbocycles. The van der Waals surface area contributed by atoms with Gasteiger partial charge in [0.25, 0.3) is 0 Å². The Bertz CT molecular complexity index is 1170. The molecule has 0 aromatic heterocycles. The van der Waals surface area contributed by atoms with Gasteiger partial charge >= 0.3 is 0 Å². The third-order valence-corrected chi connectivity index (χ3v) is 8.15. The molecule has 1 unspecified atom stereocenters. The van der Waals surface area contributed by atoms with E-state index >= 15 is 0 Å². The molecule has 0 radical (unpaired) electrons. The molecule has 1 atom stereocenters. The molecule has 3 rings (SSSR count). The molecule has 196 valence electrons. The van der Waals surface area contributed by atoms with Gasteiger partial charge in [0, 0.05) is 28.2 Å². The van der Waals surface area contributed by atoms with Crippen molar-refractivity contribution in [3.8, 4) is 0 Å². The average Bonchev–Trinajstić information content (AvgIpc) is 2.82. The maximum atomic E-state index is 13.6. The second kappa shape index (κ2) is 12.3. The number of carbonyl (C=O) groups excluding carboxylic acids is 2. The number of carbonyl (C=O) groups is 2. The Labute approximate surface area is 221 Å². The first-order valence-electron chi connectivity index (χ1n) is 11.7. The number of anilines is 1. The summed E-state index contributed by atoms with van der Waals surface area (Å²) in [6.45, 7) is 0.898. The van der Waals surface area contributed by atoms with E-state index < -0.39 is 34.3 Å². The van der Waals surface area contributed by atoms with E-state index in [1.807, 2.05) is 0 Å². The van der Waals surface area contributed by atoms with Crippen LogP contribution in [0.4, 0.5) is 10.1 Å². The Morgan fingerprint density at radius 2 is 1.64 bits per heavy atom. The van der Waals surface area contributed by atoms with Crippen LogP contribution in [-0.2, 0) is 26.2 Å². The Balaban J connectivity index is 1.91. The summed E-state index contributed by atoms with van der Waals surface area (Å²) in [4.78, 5) is 28.0. The zero-order valence-electron chi connectivity index (χ0n) is 20.2. The van der Waals surface area contributed by atoms with Crippen LogP contribution in [0.1, 0.15) is 44.6 Å². The van der Waals surface area contributed by atoms with Crippen LogP contribution in [0.3, 0.4) is 0 Å². The fraction of sp³-hybridized carbons (Fsp3) is 0.440. The highest BCUT2D eigenvalue weighted by Crippen LogP contribution is 2.27. The van der Waals surface area contributed by atoms with Gasteiger partial charge in [-0.1, -0.05) is 48.5 Å². The van der Waals surface area contributed by atoms with Crippen LogP contribution in [0.15, 0.2) is 42.5 Å². The van der Waals surface area contributed by atoms with E-state index in [9.17, 15) is 22.4 Å². The first-order chi connectivity index (χ1) is 17.0. The number of nitrogens with zero attached hydrogens (tertiary/aromatic N) is 2. The van der Waals surface area contributed by atoms with Crippen molar-refractivity contribution in [3.05, 3.63) is 63.9 Å². The normalized spacial score (nSPS) is 15.2. The van der Waals surface area contributed by atoms with E-state index in [4.69, 9.17) is 23.2 Å². The predicted molar refractivity (Wildman–Crippen MR) is 140 cm³/mol. The molecule has 0 aliphatic heterocycles. The number of halogens is 3. The van der Waals surface area contributed by atoms with Crippen molar-refractivity contribution >= 4 is 50.7 Å². The van der Waals surface area contributed by atoms with E-state index in [-0.39, 0.29) is 24.2 Å². The lowest BCUT2D eigenvalue weighted by molar-refractivity contribution is -0.139. The molecular weight excluding hydrogens is 528 g/mol. The van der Waals surface area contributed by atoms with Crippen molar-refractivity contribution in [2.24, 2.45) is 0 Å². The Morgan fingerprint density at radius 3 is 2.19 bits per heavy atom. The highest BCUT2D eigenvalue weighted by Gasteiger charge is 2.32. The number of benzene rings is 2. The van der Waals surface area contributed by atoms with Crippen LogP contribution in [-0.4, -0.2) is 50.0 Å². The molecule has 1 aliphatic carbocycles. The molecule has 0 bridgehead atoms. The Hall–Kier alpha value is -2.36. The summed E-state index contributed by atoms with van der Waals surface area (Å²) in [7, 11) is -3.91. The smallest absolute Gasteiger partial charge is 0.244 e. The Kier molecular flexibility index (Phi) is 9.60. The van der Waals surface area contributed by atoms with Crippen LogP contribution in [0, 0.1) is 5.82 Å². The predicted octanol–water partition coefficient (Wildman–Crippen LogP) is 4.76. The summed E-state index contributed by atoms with van der Waals surface area (Å²) >= 11 is 12.7. The van der Waals surface area contributed by atoms with Gasteiger partial charge < -0.3 is 10.2 Å². The van der Waals surface area contributed by atoms with Gasteiger partial charge in [0.15, 0.2) is 0 Å². The van der Waals surface area contributed by atoms with Crippen LogP contribution >= 0.6 is 23.2 Å². The quantitative estimate of drug-likeness (QED) is 0.481. The minimum absolute atomic E-state index is 0.0290. The van der Waals surface area contributed by atoms with Crippen molar-refractivity contribution in [2.45, 2.75) is 57.7 Å². The lowest BCUT2D eigenvalue weighted by Gasteiger charge is -2.33. The molecule has 0 spiro atoms. The minimum atomic E-state index is -3.91. The van der Waals surface area contributed by atoms with Gasteiger partial charge in [-0.15, -0.1) is 0 Å². The standard InChI is InChI=1S/C25H30Cl2FN3O4S/c1-17(25(33)29-19-7-4-3-5-8-19)30(15-21-22(26)9-6-10-23(21)27)24(32)16-31(36(2,34)35)20-13-11-18(28)12-14-20/h6,9-14,17,19H,3-5,7-8,15-16H2,1-2H3,(H,29,33). The summed E-state index contributed by atoms with van der Waals surface area (Å²) in [5.74, 6) is -1.51. The molecule has 1 aliphatic rings. The molecular formula is C25H30Cl2FN3O4S. The highest BCUT2D eigenvalue weighted by molar-refractivity contribution is 7.92. The summed E-state index contributed by atoms with van der Waals surface area (Å²) in [6, 6.07) is 8.79. The number of amides is 2. The summed E-state index contributed by atoms with van der Waals surface area (Å²) in [5, 5.41) is 3.65. The van der Waals surface area contributed by atoms with Crippen molar-refractivity contribution in [2.75, 3.05) is 17.1 Å². The Morgan fingerprint density at radius 1 is 1.06 bits per heavy atom. The van der Waals surface area contributed by atoms with Crippen LogP contribution in [0.2, 0.25) is 10.0 Å². The van der Waals surface area contributed by atoms with Crippen LogP contribution in [0.5, 0.6) is 0 Å². The van der Waals surface area contributed by atoms with Gasteiger partial charge in [-0.3, -0.25) is 13.9 Å². The van der Waals surface area contributed by atoms with E-state index in [1.54, 1.807) is 25.1 Å². The summed E-state index contributed by atoms with van der Waals surface area (Å²) < 4.78 is 39.4. The maximum Gasteiger partial charge on any atom is 0.244 e. The molecule has 1 fully saturated rings. The SMILES string of the molecule is CC(C(=O)NC1CCCCC1)N(Cc1c(Cl)cccc1Cl)C(=O)CN(c1ccc(F)cc1)S(C)(=O)=O. The summed E-state index contributed by atoms with van der Waals surface area (Å²) in [6.07, 6.45) is 5.88. The lowest BCUT2D eigenvalue weighted by Crippen LogP contribution is -2.53. The van der Waals surface area contributed by atoms with E-state index in [2.05, 4.69) is 5.32 Å². The number of hydrogen-bond acceptors (Lipinski definition) is 4. The highest BCUT2D eigenvalue weighted by atomic mass is 35.5. The minimum Gasteiger partial charge on any atom is -0.352 e. The fourth-order valence-corrected chi connectivity index (χ4v) is 5.59. The van der Waals surface area contributed by atoms with Crippen molar-refractivity contribution in [1.29, 1.82) is 0 Å². The van der Waals surface area contributed by atoms with Crippen molar-refractivity contribution in [3.63, 3.8) is 0 Å². The third kappa shape index (κ3) is 7.33. The molecule has 1 saturated carbocycles. The van der Waals surface area contributed by atoms with Gasteiger partial charge in [-0.2, -0.15) is 0 Å². The molecule has 11 heteroatoms. The van der Waals surface area contributed by atoms with Gasteiger partial charge in [-0.25, -0.2) is 12.8 Å². The summed E-state index contributed by atoms with van der Waals surface area (Å²) in [5.41, 5.74) is 0.571.